The number of Topliss-reactive ketones (excluding diaryl/α,β-unsaturated/α-hetero) is 1. The second-order valence-corrected chi connectivity index (χ2v) is 29.8. The van der Waals surface area contributed by atoms with Crippen molar-refractivity contribution < 1.29 is 43.5 Å². The Morgan fingerprint density at radius 2 is 0.712 bits per heavy atom. The van der Waals surface area contributed by atoms with Crippen LogP contribution < -0.4 is 0 Å². The van der Waals surface area contributed by atoms with Crippen molar-refractivity contribution in [2.45, 2.75) is 302 Å². The molecule has 0 N–H and O–H groups in total. The third-order valence-electron chi connectivity index (χ3n) is 16.1. The molecule has 0 aliphatic heterocycles. The van der Waals surface area contributed by atoms with Gasteiger partial charge in [0, 0.05) is 60.8 Å². The number of hydrogen-bond donors (Lipinski definition) is 0. The molecule has 8 saturated carbocycles. The summed E-state index contributed by atoms with van der Waals surface area (Å²) >= 11 is 7.96. The predicted molar refractivity (Wildman–Crippen MR) is 264 cm³/mol. The molecule has 0 aromatic carbocycles. The predicted octanol–water partition coefficient (Wildman–Crippen LogP) is 18.5. The molecule has 8 rings (SSSR count). The van der Waals surface area contributed by atoms with Crippen LogP contribution in [-0.4, -0.2) is 49.4 Å². The maximum Gasteiger partial charge on any atom is 0.126 e. The maximum absolute atomic E-state index is 14.5. The summed E-state index contributed by atoms with van der Waals surface area (Å²) < 4.78 is 14.5. The van der Waals surface area contributed by atoms with Crippen molar-refractivity contribution in [3.05, 3.63) is 0 Å². The summed E-state index contributed by atoms with van der Waals surface area (Å²) in [6.45, 7) is 8.10. The van der Waals surface area contributed by atoms with E-state index in [1.54, 1.807) is 25.7 Å². The van der Waals surface area contributed by atoms with E-state index in [0.717, 1.165) is 27.7 Å². The molecule has 0 bridgehead atoms. The van der Waals surface area contributed by atoms with E-state index in [0.29, 0.717) is 27.7 Å². The zero-order chi connectivity index (χ0) is 40.9. The first-order chi connectivity index (χ1) is 27.6. The zero-order valence-corrected chi connectivity index (χ0v) is 46.1. The third-order valence-corrected chi connectivity index (χ3v) is 27.4. The summed E-state index contributed by atoms with van der Waals surface area (Å²) in [5.74, 6) is 1.84. The maximum atomic E-state index is 14.5. The van der Waals surface area contributed by atoms with Crippen LogP contribution in [0.3, 0.4) is 0 Å². The van der Waals surface area contributed by atoms with Crippen molar-refractivity contribution in [3.63, 3.8) is 0 Å². The van der Waals surface area contributed by atoms with Gasteiger partial charge in [-0.05, 0) is 120 Å². The first-order valence-electron chi connectivity index (χ1n) is 25.8. The quantitative estimate of drug-likeness (QED) is 0.138. The zero-order valence-electron chi connectivity index (χ0n) is 38.9. The van der Waals surface area contributed by atoms with E-state index in [9.17, 15) is 9.36 Å². The Hall–Kier alpha value is 2.33. The second kappa shape index (κ2) is 32.9. The minimum atomic E-state index is -2.08. The van der Waals surface area contributed by atoms with Gasteiger partial charge >= 0.3 is 0 Å². The Labute approximate surface area is 407 Å². The van der Waals surface area contributed by atoms with Gasteiger partial charge in [-0.2, -0.15) is 0 Å². The Morgan fingerprint density at radius 1 is 0.441 bits per heavy atom. The van der Waals surface area contributed by atoms with Gasteiger partial charge in [0.2, 0.25) is 0 Å². The smallest absolute Gasteiger partial charge is 0.126 e. The summed E-state index contributed by atoms with van der Waals surface area (Å²) in [6.07, 6.45) is 51.9. The minimum Gasteiger partial charge on any atom is -0.323 e. The van der Waals surface area contributed by atoms with Gasteiger partial charge in [-0.1, -0.05) is 208 Å². The van der Waals surface area contributed by atoms with Crippen LogP contribution in [0.15, 0.2) is 0 Å². The Kier molecular flexibility index (Phi) is 32.0. The van der Waals surface area contributed by atoms with E-state index in [2.05, 4.69) is 45.7 Å². The van der Waals surface area contributed by atoms with E-state index in [1.807, 2.05) is 0 Å². The molecule has 4 unspecified atom stereocenters. The minimum absolute atomic E-state index is 0. The van der Waals surface area contributed by atoms with Crippen molar-refractivity contribution in [1.29, 1.82) is 0 Å². The van der Waals surface area contributed by atoms with E-state index in [-0.39, 0.29) is 47.8 Å². The Morgan fingerprint density at radius 3 is 1.00 bits per heavy atom. The number of alkyl halides is 2. The fraction of sp³-hybridized carbons (Fsp3) is 0.980. The monoisotopic (exact) mass is 1070 g/mol. The van der Waals surface area contributed by atoms with Crippen molar-refractivity contribution in [1.82, 2.24) is 0 Å². The fourth-order valence-corrected chi connectivity index (χ4v) is 25.4. The molecular weight excluding hydrogens is 978 g/mol. The molecule has 0 aromatic heterocycles. The molecular formula is C51H94Br2Fe2O2P2. The topological polar surface area (TPSA) is 34.1 Å². The number of hydrogen-bond acceptors (Lipinski definition) is 2. The van der Waals surface area contributed by atoms with Gasteiger partial charge in [-0.15, -0.1) is 0 Å². The number of halogens is 2. The van der Waals surface area contributed by atoms with E-state index in [4.69, 9.17) is 0 Å². The van der Waals surface area contributed by atoms with Crippen LogP contribution in [0.2, 0.25) is 0 Å². The fourth-order valence-electron chi connectivity index (χ4n) is 12.9. The molecule has 8 aliphatic carbocycles. The average molecular weight is 1070 g/mol. The van der Waals surface area contributed by atoms with Crippen LogP contribution >= 0.6 is 46.9 Å². The van der Waals surface area contributed by atoms with E-state index in [1.165, 1.54) is 219 Å². The number of carbonyl (C=O) groups excluding carboxylic acids is 1. The number of carbonyl (C=O) groups is 1. The van der Waals surface area contributed by atoms with Crippen LogP contribution in [0.4, 0.5) is 0 Å². The summed E-state index contributed by atoms with van der Waals surface area (Å²) in [4.78, 5) is 10.9. The molecule has 0 saturated heterocycles. The van der Waals surface area contributed by atoms with Gasteiger partial charge in [0.1, 0.15) is 5.78 Å². The summed E-state index contributed by atoms with van der Waals surface area (Å²) in [6, 6.07) is 0. The van der Waals surface area contributed by atoms with Crippen molar-refractivity contribution in [2.24, 2.45) is 11.8 Å². The number of rotatable bonds is 8. The van der Waals surface area contributed by atoms with Gasteiger partial charge in [0.05, 0.1) is 7.14 Å². The SMILES string of the molecule is C1CCCC1.C1CCCC1.CC(C)=O.C[C@H](C1CCCC1Br)P(=O)(C1CCCCC1)C1CCCCC1.C[C@H](C1CCCC1Br)P(C1CCCCC1)C1CCCCC1.[Fe].[Fe]. The van der Waals surface area contributed by atoms with Crippen molar-refractivity contribution >= 4 is 52.7 Å². The van der Waals surface area contributed by atoms with Crippen LogP contribution in [0, 0.1) is 11.8 Å². The van der Waals surface area contributed by atoms with Gasteiger partial charge in [-0.25, -0.2) is 0 Å². The first-order valence-corrected chi connectivity index (χ1v) is 31.1. The molecule has 0 radical (unpaired) electrons. The first kappa shape index (κ1) is 57.5. The molecule has 0 spiro atoms. The summed E-state index contributed by atoms with van der Waals surface area (Å²) in [5.41, 5.74) is 4.89. The molecule has 0 heterocycles. The van der Waals surface area contributed by atoms with Gasteiger partial charge in [0.15, 0.2) is 0 Å². The molecule has 350 valence electrons. The molecule has 8 fully saturated rings. The largest absolute Gasteiger partial charge is 0.323 e. The average Bonchev–Trinajstić information content (AvgIpc) is 4.10. The molecule has 0 amide bonds. The Bertz CT molecular complexity index is 1030. The van der Waals surface area contributed by atoms with Crippen LogP contribution in [0.5, 0.6) is 0 Å². The Balaban J connectivity index is 0.000000299. The summed E-state index contributed by atoms with van der Waals surface area (Å²) in [5, 5.41) is 0. The standard InChI is InChI=1S/C19H34BrOP.C19H34BrP.2C5H10.C3H6O.2Fe/c1-15(18-13-8-14-19(18)20)22(21,16-9-4-2-5-10-16)17-11-6-3-7-12-17;1-15(18-13-8-14-19(18)20)21(16-9-4-2-5-10-16)17-11-6-3-7-12-17;2*1-2-4-5-3-1;1-3(2)4;;/h15-19H,2-14H2,1H3;15-19H,2-14H2,1H3;2*1-5H2;1-2H3;;/t2*15-,18?,19?;;;;;/m11...../s1. The van der Waals surface area contributed by atoms with Gasteiger partial charge < -0.3 is 9.36 Å². The molecule has 0 aromatic rings. The van der Waals surface area contributed by atoms with Crippen LogP contribution in [-0.2, 0) is 43.5 Å². The normalized spacial score (nSPS) is 29.4. The molecule has 8 aliphatic rings. The molecule has 8 heteroatoms. The van der Waals surface area contributed by atoms with Crippen molar-refractivity contribution in [3.8, 4) is 0 Å². The van der Waals surface area contributed by atoms with Gasteiger partial charge in [0.25, 0.3) is 0 Å². The summed E-state index contributed by atoms with van der Waals surface area (Å²) in [7, 11) is -1.80. The van der Waals surface area contributed by atoms with Crippen LogP contribution in [0.1, 0.15) is 259 Å². The third kappa shape index (κ3) is 19.6. The molecule has 2 nitrogen and oxygen atoms in total. The second-order valence-electron chi connectivity index (χ2n) is 20.5. The molecule has 6 atom stereocenters. The van der Waals surface area contributed by atoms with Crippen molar-refractivity contribution in [2.75, 3.05) is 0 Å². The number of ketones is 1. The van der Waals surface area contributed by atoms with E-state index < -0.39 is 7.14 Å². The molecule has 59 heavy (non-hydrogen) atoms. The van der Waals surface area contributed by atoms with Crippen LogP contribution in [0.25, 0.3) is 0 Å². The van der Waals surface area contributed by atoms with Gasteiger partial charge in [-0.3, -0.25) is 0 Å². The van der Waals surface area contributed by atoms with E-state index >= 15 is 0 Å².